The second kappa shape index (κ2) is 9.78. The topological polar surface area (TPSA) is 9.23 Å². The van der Waals surface area contributed by atoms with Crippen molar-refractivity contribution >= 4 is 46.7 Å². The summed E-state index contributed by atoms with van der Waals surface area (Å²) in [5.74, 6) is 3.24. The van der Waals surface area contributed by atoms with Gasteiger partial charge in [0.1, 0.15) is 10.9 Å². The van der Waals surface area contributed by atoms with Gasteiger partial charge in [-0.2, -0.15) is 0 Å². The molecule has 0 N–H and O–H groups in total. The van der Waals surface area contributed by atoms with Gasteiger partial charge in [-0.15, -0.1) is 46.7 Å². The number of hydrogen-bond acceptors (Lipinski definition) is 3. The largest absolute Gasteiger partial charge is 0.354 e. The number of ether oxygens (including phenoxy) is 1. The highest BCUT2D eigenvalue weighted by molar-refractivity contribution is 8.00. The molecule has 0 aromatic rings. The highest BCUT2D eigenvalue weighted by atomic mass is 35.5. The molecule has 0 fully saturated rings. The van der Waals surface area contributed by atoms with Gasteiger partial charge in [0.2, 0.25) is 0 Å². The van der Waals surface area contributed by atoms with Crippen LogP contribution in [0.2, 0.25) is 0 Å². The molecule has 0 aliphatic carbocycles. The van der Waals surface area contributed by atoms with E-state index in [2.05, 4.69) is 13.8 Å². The Balaban J connectivity index is 3.35. The van der Waals surface area contributed by atoms with Crippen molar-refractivity contribution in [3.05, 3.63) is 0 Å². The van der Waals surface area contributed by atoms with Crippen LogP contribution in [0.4, 0.5) is 0 Å². The molecule has 0 radical (unpaired) electrons. The van der Waals surface area contributed by atoms with Crippen molar-refractivity contribution in [2.45, 2.75) is 24.7 Å². The monoisotopic (exact) mass is 262 g/mol. The first-order chi connectivity index (χ1) is 6.20. The van der Waals surface area contributed by atoms with E-state index in [-0.39, 0.29) is 10.9 Å². The minimum atomic E-state index is 0.219. The second-order valence-corrected chi connectivity index (χ2v) is 5.96. The maximum Gasteiger partial charge on any atom is 0.101 e. The molecule has 0 heterocycles. The lowest BCUT2D eigenvalue weighted by Crippen LogP contribution is -2.12. The quantitative estimate of drug-likeness (QED) is 0.489. The second-order valence-electron chi connectivity index (χ2n) is 2.39. The standard InChI is InChI=1S/C8H16Cl2OS2/c1-7(12-5-3-9)11-8(2)13-6-4-10/h7-8H,3-6H2,1-2H3. The Bertz CT molecular complexity index is 104. The highest BCUT2D eigenvalue weighted by Gasteiger charge is 2.08. The lowest BCUT2D eigenvalue weighted by molar-refractivity contribution is 0.114. The molecule has 0 aliphatic rings. The minimum Gasteiger partial charge on any atom is -0.354 e. The fourth-order valence-corrected chi connectivity index (χ4v) is 2.71. The van der Waals surface area contributed by atoms with Crippen LogP contribution in [-0.2, 0) is 4.74 Å². The Kier molecular flexibility index (Phi) is 10.7. The lowest BCUT2D eigenvalue weighted by Gasteiger charge is -2.17. The third kappa shape index (κ3) is 9.54. The first-order valence-corrected chi connectivity index (χ1v) is 7.38. The van der Waals surface area contributed by atoms with Gasteiger partial charge >= 0.3 is 0 Å². The van der Waals surface area contributed by atoms with Crippen molar-refractivity contribution in [2.24, 2.45) is 0 Å². The fraction of sp³-hybridized carbons (Fsp3) is 1.00. The molecule has 0 aromatic heterocycles. The van der Waals surface area contributed by atoms with Crippen molar-refractivity contribution in [3.63, 3.8) is 0 Å². The predicted octanol–water partition coefficient (Wildman–Crippen LogP) is 3.64. The molecule has 0 saturated carbocycles. The van der Waals surface area contributed by atoms with E-state index < -0.39 is 0 Å². The van der Waals surface area contributed by atoms with Gasteiger partial charge in [-0.3, -0.25) is 0 Å². The maximum absolute atomic E-state index is 5.66. The summed E-state index contributed by atoms with van der Waals surface area (Å²) in [6.07, 6.45) is 0. The van der Waals surface area contributed by atoms with Crippen LogP contribution in [0.1, 0.15) is 13.8 Å². The Hall–Kier alpha value is 1.24. The molecule has 0 saturated heterocycles. The summed E-state index contributed by atoms with van der Waals surface area (Å²) < 4.78 is 5.66. The van der Waals surface area contributed by atoms with Gasteiger partial charge < -0.3 is 4.74 Å². The highest BCUT2D eigenvalue weighted by Crippen LogP contribution is 2.19. The van der Waals surface area contributed by atoms with Crippen molar-refractivity contribution in [2.75, 3.05) is 23.3 Å². The Morgan fingerprint density at radius 2 is 1.38 bits per heavy atom. The van der Waals surface area contributed by atoms with Gasteiger partial charge in [0.15, 0.2) is 0 Å². The molecule has 0 spiro atoms. The molecule has 5 heteroatoms. The summed E-state index contributed by atoms with van der Waals surface area (Å²) >= 11 is 14.6. The van der Waals surface area contributed by atoms with Crippen LogP contribution in [-0.4, -0.2) is 34.1 Å². The number of alkyl halides is 2. The van der Waals surface area contributed by atoms with Gasteiger partial charge in [-0.25, -0.2) is 0 Å². The number of rotatable bonds is 8. The van der Waals surface area contributed by atoms with Crippen molar-refractivity contribution < 1.29 is 4.74 Å². The molecule has 2 atom stereocenters. The first-order valence-electron chi connectivity index (χ1n) is 4.21. The van der Waals surface area contributed by atoms with Gasteiger partial charge in [-0.1, -0.05) is 0 Å². The maximum atomic E-state index is 5.66. The molecule has 13 heavy (non-hydrogen) atoms. The van der Waals surface area contributed by atoms with Crippen LogP contribution in [0.3, 0.4) is 0 Å². The fourth-order valence-electron chi connectivity index (χ4n) is 0.769. The van der Waals surface area contributed by atoms with Gasteiger partial charge in [0, 0.05) is 23.3 Å². The Morgan fingerprint density at radius 3 is 1.69 bits per heavy atom. The van der Waals surface area contributed by atoms with Crippen LogP contribution in [0.15, 0.2) is 0 Å². The summed E-state index contributed by atoms with van der Waals surface area (Å²) in [6.45, 7) is 4.10. The van der Waals surface area contributed by atoms with E-state index in [1.165, 1.54) is 0 Å². The molecule has 0 amide bonds. The van der Waals surface area contributed by atoms with E-state index in [0.29, 0.717) is 11.8 Å². The zero-order valence-electron chi connectivity index (χ0n) is 7.96. The molecule has 0 aliphatic heterocycles. The molecule has 0 aromatic carbocycles. The Labute approximate surface area is 99.3 Å². The molecule has 0 rings (SSSR count). The molecule has 2 unspecified atom stereocenters. The summed E-state index contributed by atoms with van der Waals surface area (Å²) in [6, 6.07) is 0. The zero-order valence-corrected chi connectivity index (χ0v) is 11.1. The SMILES string of the molecule is CC(OC(C)SCCCl)SCCCl. The molecule has 0 bridgehead atoms. The van der Waals surface area contributed by atoms with E-state index in [1.807, 2.05) is 0 Å². The van der Waals surface area contributed by atoms with Crippen LogP contribution in [0, 0.1) is 0 Å². The smallest absolute Gasteiger partial charge is 0.101 e. The lowest BCUT2D eigenvalue weighted by atomic mass is 10.8. The van der Waals surface area contributed by atoms with Crippen molar-refractivity contribution in [3.8, 4) is 0 Å². The first kappa shape index (κ1) is 14.2. The molecular weight excluding hydrogens is 247 g/mol. The van der Waals surface area contributed by atoms with Gasteiger partial charge in [0.25, 0.3) is 0 Å². The summed E-state index contributed by atoms with van der Waals surface area (Å²) in [7, 11) is 0. The van der Waals surface area contributed by atoms with Crippen molar-refractivity contribution in [1.82, 2.24) is 0 Å². The summed E-state index contributed by atoms with van der Waals surface area (Å²) in [4.78, 5) is 0. The molecule has 80 valence electrons. The van der Waals surface area contributed by atoms with E-state index in [0.717, 1.165) is 11.5 Å². The van der Waals surface area contributed by atoms with Crippen LogP contribution >= 0.6 is 46.7 Å². The third-order valence-corrected chi connectivity index (χ3v) is 4.11. The number of thioether (sulfide) groups is 2. The summed E-state index contributed by atoms with van der Waals surface area (Å²) in [5, 5.41) is 0. The van der Waals surface area contributed by atoms with E-state index in [1.54, 1.807) is 23.5 Å². The summed E-state index contributed by atoms with van der Waals surface area (Å²) in [5.41, 5.74) is 0.438. The van der Waals surface area contributed by atoms with Crippen molar-refractivity contribution in [1.29, 1.82) is 0 Å². The third-order valence-electron chi connectivity index (χ3n) is 1.24. The predicted molar refractivity (Wildman–Crippen MR) is 66.4 cm³/mol. The zero-order chi connectivity index (χ0) is 10.1. The average Bonchev–Trinajstić information content (AvgIpc) is 2.11. The normalized spacial score (nSPS) is 15.7. The van der Waals surface area contributed by atoms with Crippen LogP contribution < -0.4 is 0 Å². The number of halogens is 2. The van der Waals surface area contributed by atoms with Gasteiger partial charge in [0.05, 0.1) is 0 Å². The molecule has 1 nitrogen and oxygen atoms in total. The minimum absolute atomic E-state index is 0.219. The average molecular weight is 263 g/mol. The van der Waals surface area contributed by atoms with E-state index in [9.17, 15) is 0 Å². The van der Waals surface area contributed by atoms with Crippen LogP contribution in [0.25, 0.3) is 0 Å². The number of hydrogen-bond donors (Lipinski definition) is 0. The van der Waals surface area contributed by atoms with E-state index in [4.69, 9.17) is 27.9 Å². The molecular formula is C8H16Cl2OS2. The van der Waals surface area contributed by atoms with Gasteiger partial charge in [-0.05, 0) is 13.8 Å². The Morgan fingerprint density at radius 1 is 1.00 bits per heavy atom. The van der Waals surface area contributed by atoms with E-state index >= 15 is 0 Å². The van der Waals surface area contributed by atoms with Crippen LogP contribution in [0.5, 0.6) is 0 Å².